The average molecular weight is 283 g/mol. The van der Waals surface area contributed by atoms with Gasteiger partial charge < -0.3 is 16.3 Å². The fourth-order valence-corrected chi connectivity index (χ4v) is 2.31. The van der Waals surface area contributed by atoms with Gasteiger partial charge in [-0.15, -0.1) is 0 Å². The second-order valence-corrected chi connectivity index (χ2v) is 5.05. The number of nitrogens with zero attached hydrogens (tertiary/aromatic N) is 1. The van der Waals surface area contributed by atoms with E-state index in [4.69, 9.17) is 10.9 Å². The summed E-state index contributed by atoms with van der Waals surface area (Å²) in [5, 5.41) is 15.5. The first-order valence-corrected chi connectivity index (χ1v) is 7.00. The van der Waals surface area contributed by atoms with Gasteiger partial charge in [0.1, 0.15) is 5.84 Å². The number of nitrogens with one attached hydrogen (secondary N) is 1. The van der Waals surface area contributed by atoms with Gasteiger partial charge in [-0.25, -0.2) is 0 Å². The number of hydrogen-bond donors (Lipinski definition) is 3. The molecule has 0 heterocycles. The quantitative estimate of drug-likeness (QED) is 0.330. The molecule has 0 aliphatic carbocycles. The third-order valence-electron chi connectivity index (χ3n) is 3.60. The number of benzene rings is 2. The van der Waals surface area contributed by atoms with E-state index in [-0.39, 0.29) is 11.8 Å². The number of oxime groups is 1. The van der Waals surface area contributed by atoms with Gasteiger partial charge in [0.2, 0.25) is 0 Å². The van der Waals surface area contributed by atoms with E-state index in [0.29, 0.717) is 6.54 Å². The van der Waals surface area contributed by atoms with Crippen LogP contribution in [0.5, 0.6) is 0 Å². The minimum Gasteiger partial charge on any atom is -0.409 e. The fourth-order valence-electron chi connectivity index (χ4n) is 2.31. The van der Waals surface area contributed by atoms with Crippen molar-refractivity contribution in [2.24, 2.45) is 10.9 Å². The lowest BCUT2D eigenvalue weighted by Crippen LogP contribution is -2.31. The lowest BCUT2D eigenvalue weighted by Gasteiger charge is -2.17. The summed E-state index contributed by atoms with van der Waals surface area (Å²) in [4.78, 5) is 0. The highest BCUT2D eigenvalue weighted by Gasteiger charge is 2.16. The molecular formula is C17H21N3O. The van der Waals surface area contributed by atoms with E-state index in [2.05, 4.69) is 29.5 Å². The number of aryl methyl sites for hydroxylation is 1. The highest BCUT2D eigenvalue weighted by atomic mass is 16.4. The molecule has 21 heavy (non-hydrogen) atoms. The predicted octanol–water partition coefficient (Wildman–Crippen LogP) is 2.61. The first kappa shape index (κ1) is 15.1. The Labute approximate surface area is 125 Å². The van der Waals surface area contributed by atoms with Gasteiger partial charge in [0.25, 0.3) is 0 Å². The number of amidine groups is 1. The van der Waals surface area contributed by atoms with E-state index < -0.39 is 0 Å². The summed E-state index contributed by atoms with van der Waals surface area (Å²) in [6, 6.07) is 18.1. The van der Waals surface area contributed by atoms with Crippen LogP contribution in [0.15, 0.2) is 59.8 Å². The van der Waals surface area contributed by atoms with Crippen LogP contribution < -0.4 is 11.1 Å². The predicted molar refractivity (Wildman–Crippen MR) is 85.5 cm³/mol. The summed E-state index contributed by atoms with van der Waals surface area (Å²) in [7, 11) is 0. The van der Waals surface area contributed by atoms with Gasteiger partial charge >= 0.3 is 0 Å². The summed E-state index contributed by atoms with van der Waals surface area (Å²) in [5.74, 6) is 0.0821. The standard InChI is InChI=1S/C17H21N3O/c1-13-7-5-6-10-15(13)11-19-12-16(17(18)20-21)14-8-3-2-4-9-14/h2-10,16,19,21H,11-12H2,1H3,(H2,18,20). The Kier molecular flexibility index (Phi) is 5.35. The molecule has 0 bridgehead atoms. The zero-order valence-electron chi connectivity index (χ0n) is 12.2. The highest BCUT2D eigenvalue weighted by Crippen LogP contribution is 2.15. The summed E-state index contributed by atoms with van der Waals surface area (Å²) >= 11 is 0. The van der Waals surface area contributed by atoms with Crippen LogP contribution in [0.3, 0.4) is 0 Å². The van der Waals surface area contributed by atoms with Crippen LogP contribution in [0.1, 0.15) is 22.6 Å². The van der Waals surface area contributed by atoms with Gasteiger partial charge in [-0.3, -0.25) is 0 Å². The molecule has 0 saturated heterocycles. The van der Waals surface area contributed by atoms with E-state index >= 15 is 0 Å². The van der Waals surface area contributed by atoms with Crippen LogP contribution in [0.25, 0.3) is 0 Å². The normalized spacial score (nSPS) is 13.1. The molecule has 1 unspecified atom stereocenters. The van der Waals surface area contributed by atoms with Crippen molar-refractivity contribution >= 4 is 5.84 Å². The average Bonchev–Trinajstić information content (AvgIpc) is 2.53. The third-order valence-corrected chi connectivity index (χ3v) is 3.60. The van der Waals surface area contributed by atoms with Gasteiger partial charge in [0.05, 0.1) is 5.92 Å². The molecule has 4 heteroatoms. The zero-order chi connectivity index (χ0) is 15.1. The molecule has 1 atom stereocenters. The Balaban J connectivity index is 2.02. The number of rotatable bonds is 6. The van der Waals surface area contributed by atoms with Crippen molar-refractivity contribution in [2.75, 3.05) is 6.54 Å². The Hall–Kier alpha value is -2.33. The molecule has 4 N–H and O–H groups in total. The number of hydrogen-bond acceptors (Lipinski definition) is 3. The molecule has 2 aromatic rings. The van der Waals surface area contributed by atoms with E-state index in [1.165, 1.54) is 11.1 Å². The monoisotopic (exact) mass is 283 g/mol. The fraction of sp³-hybridized carbons (Fsp3) is 0.235. The van der Waals surface area contributed by atoms with E-state index in [1.54, 1.807) is 0 Å². The Morgan fingerprint density at radius 2 is 1.81 bits per heavy atom. The second-order valence-electron chi connectivity index (χ2n) is 5.05. The lowest BCUT2D eigenvalue weighted by molar-refractivity contribution is 0.315. The first-order chi connectivity index (χ1) is 10.2. The maximum absolute atomic E-state index is 8.96. The van der Waals surface area contributed by atoms with Crippen LogP contribution in [0.4, 0.5) is 0 Å². The molecule has 0 aliphatic rings. The summed E-state index contributed by atoms with van der Waals surface area (Å²) in [6.45, 7) is 3.47. The molecule has 0 amide bonds. The Morgan fingerprint density at radius 1 is 1.14 bits per heavy atom. The van der Waals surface area contributed by atoms with Crippen molar-refractivity contribution in [3.8, 4) is 0 Å². The van der Waals surface area contributed by atoms with Crippen LogP contribution in [-0.4, -0.2) is 17.6 Å². The van der Waals surface area contributed by atoms with Crippen molar-refractivity contribution < 1.29 is 5.21 Å². The second kappa shape index (κ2) is 7.45. The molecule has 2 aromatic carbocycles. The number of nitrogens with two attached hydrogens (primary N) is 1. The molecule has 0 aliphatic heterocycles. The minimum absolute atomic E-state index is 0.139. The lowest BCUT2D eigenvalue weighted by atomic mass is 9.98. The van der Waals surface area contributed by atoms with Crippen molar-refractivity contribution in [1.29, 1.82) is 0 Å². The molecule has 2 rings (SSSR count). The van der Waals surface area contributed by atoms with Crippen LogP contribution >= 0.6 is 0 Å². The van der Waals surface area contributed by atoms with E-state index in [0.717, 1.165) is 12.1 Å². The molecular weight excluding hydrogens is 262 g/mol. The van der Waals surface area contributed by atoms with Gasteiger partial charge in [-0.2, -0.15) is 0 Å². The summed E-state index contributed by atoms with van der Waals surface area (Å²) in [6.07, 6.45) is 0. The zero-order valence-corrected chi connectivity index (χ0v) is 12.2. The van der Waals surface area contributed by atoms with E-state index in [1.807, 2.05) is 42.5 Å². The molecule has 0 spiro atoms. The van der Waals surface area contributed by atoms with E-state index in [9.17, 15) is 0 Å². The van der Waals surface area contributed by atoms with Gasteiger partial charge in [-0.1, -0.05) is 59.8 Å². The summed E-state index contributed by atoms with van der Waals surface area (Å²) in [5.41, 5.74) is 9.36. The molecule has 0 aromatic heterocycles. The smallest absolute Gasteiger partial charge is 0.147 e. The van der Waals surface area contributed by atoms with Crippen LogP contribution in [0.2, 0.25) is 0 Å². The maximum atomic E-state index is 8.96. The Morgan fingerprint density at radius 3 is 2.48 bits per heavy atom. The molecule has 0 radical (unpaired) electrons. The summed E-state index contributed by atoms with van der Waals surface area (Å²) < 4.78 is 0. The van der Waals surface area contributed by atoms with Gasteiger partial charge in [0, 0.05) is 13.1 Å². The molecule has 0 fully saturated rings. The van der Waals surface area contributed by atoms with Crippen molar-refractivity contribution in [3.63, 3.8) is 0 Å². The van der Waals surface area contributed by atoms with Gasteiger partial charge in [-0.05, 0) is 23.6 Å². The topological polar surface area (TPSA) is 70.6 Å². The minimum atomic E-state index is -0.139. The first-order valence-electron chi connectivity index (χ1n) is 7.00. The third kappa shape index (κ3) is 4.07. The van der Waals surface area contributed by atoms with Crippen LogP contribution in [0, 0.1) is 6.92 Å². The maximum Gasteiger partial charge on any atom is 0.147 e. The Bertz CT molecular complexity index is 596. The highest BCUT2D eigenvalue weighted by molar-refractivity contribution is 5.87. The largest absolute Gasteiger partial charge is 0.409 e. The molecule has 4 nitrogen and oxygen atoms in total. The molecule has 110 valence electrons. The van der Waals surface area contributed by atoms with Crippen molar-refractivity contribution in [1.82, 2.24) is 5.32 Å². The van der Waals surface area contributed by atoms with Crippen LogP contribution in [-0.2, 0) is 6.54 Å². The van der Waals surface area contributed by atoms with Crippen molar-refractivity contribution in [2.45, 2.75) is 19.4 Å². The molecule has 0 saturated carbocycles. The SMILES string of the molecule is Cc1ccccc1CNCC(C(N)=NO)c1ccccc1. The van der Waals surface area contributed by atoms with Gasteiger partial charge in [0.15, 0.2) is 0 Å². The van der Waals surface area contributed by atoms with Crippen molar-refractivity contribution in [3.05, 3.63) is 71.3 Å².